The maximum absolute atomic E-state index is 13.2. The first-order valence-electron chi connectivity index (χ1n) is 8.38. The first-order chi connectivity index (χ1) is 13.7. The Bertz CT molecular complexity index is 1150. The van der Waals surface area contributed by atoms with Crippen molar-refractivity contribution in [3.8, 4) is 17.2 Å². The molecule has 0 radical (unpaired) electrons. The number of benzene rings is 2. The molecule has 2 heterocycles. The summed E-state index contributed by atoms with van der Waals surface area (Å²) in [7, 11) is -4.22. The molecule has 0 aliphatic carbocycles. The third kappa shape index (κ3) is 3.86. The van der Waals surface area contributed by atoms with Crippen LogP contribution in [-0.4, -0.2) is 31.4 Å². The molecule has 29 heavy (non-hydrogen) atoms. The van der Waals surface area contributed by atoms with Gasteiger partial charge in [-0.1, -0.05) is 0 Å². The highest BCUT2D eigenvalue weighted by atomic mass is 32.2. The Morgan fingerprint density at radius 2 is 1.79 bits per heavy atom. The fraction of sp³-hybridized carbons (Fsp3) is 0.167. The number of ether oxygens (including phenoxy) is 2. The Labute approximate surface area is 163 Å². The van der Waals surface area contributed by atoms with Crippen LogP contribution in [0.5, 0.6) is 11.5 Å². The Morgan fingerprint density at radius 1 is 1.03 bits per heavy atom. The summed E-state index contributed by atoms with van der Waals surface area (Å²) in [4.78, 5) is -0.175. The zero-order chi connectivity index (χ0) is 20.6. The lowest BCUT2D eigenvalue weighted by atomic mass is 10.1. The molecule has 1 aliphatic heterocycles. The summed E-state index contributed by atoms with van der Waals surface area (Å²) in [5.41, 5.74) is -1.11. The van der Waals surface area contributed by atoms with Crippen LogP contribution in [0.4, 0.5) is 18.9 Å². The number of aromatic nitrogens is 2. The van der Waals surface area contributed by atoms with Crippen LogP contribution in [0.1, 0.15) is 5.56 Å². The van der Waals surface area contributed by atoms with Crippen molar-refractivity contribution in [1.29, 1.82) is 0 Å². The summed E-state index contributed by atoms with van der Waals surface area (Å²) in [6, 6.07) is 8.29. The van der Waals surface area contributed by atoms with Gasteiger partial charge in [0.2, 0.25) is 0 Å². The molecule has 1 aliphatic rings. The largest absolute Gasteiger partial charge is 0.486 e. The molecule has 0 amide bonds. The normalized spacial score (nSPS) is 13.9. The summed E-state index contributed by atoms with van der Waals surface area (Å²) >= 11 is 0. The molecule has 0 saturated heterocycles. The highest BCUT2D eigenvalue weighted by Crippen LogP contribution is 2.36. The maximum atomic E-state index is 13.2. The van der Waals surface area contributed by atoms with Gasteiger partial charge < -0.3 is 9.47 Å². The minimum absolute atomic E-state index is 0.143. The number of halogens is 3. The zero-order valence-electron chi connectivity index (χ0n) is 14.7. The van der Waals surface area contributed by atoms with Gasteiger partial charge in [-0.3, -0.25) is 4.72 Å². The first kappa shape index (κ1) is 19.1. The van der Waals surface area contributed by atoms with Gasteiger partial charge in [0.05, 0.1) is 21.8 Å². The molecule has 4 rings (SSSR count). The van der Waals surface area contributed by atoms with E-state index in [-0.39, 0.29) is 28.6 Å². The second kappa shape index (κ2) is 6.99. The molecule has 11 heteroatoms. The monoisotopic (exact) mass is 425 g/mol. The van der Waals surface area contributed by atoms with Crippen LogP contribution in [0.15, 0.2) is 59.8 Å². The van der Waals surface area contributed by atoms with Crippen molar-refractivity contribution in [2.45, 2.75) is 11.1 Å². The predicted molar refractivity (Wildman–Crippen MR) is 96.8 cm³/mol. The van der Waals surface area contributed by atoms with Crippen molar-refractivity contribution < 1.29 is 31.1 Å². The van der Waals surface area contributed by atoms with Crippen LogP contribution in [0.2, 0.25) is 0 Å². The topological polar surface area (TPSA) is 82.5 Å². The van der Waals surface area contributed by atoms with Gasteiger partial charge in [-0.2, -0.15) is 18.3 Å². The van der Waals surface area contributed by atoms with Gasteiger partial charge in [0.25, 0.3) is 10.0 Å². The van der Waals surface area contributed by atoms with E-state index in [4.69, 9.17) is 9.47 Å². The molecule has 0 atom stereocenters. The number of nitrogens with zero attached hydrogens (tertiary/aromatic N) is 2. The van der Waals surface area contributed by atoms with Crippen LogP contribution in [0.3, 0.4) is 0 Å². The average Bonchev–Trinajstić information content (AvgIpc) is 3.21. The third-order valence-electron chi connectivity index (χ3n) is 4.14. The Hall–Kier alpha value is -3.21. The van der Waals surface area contributed by atoms with Crippen molar-refractivity contribution in [2.24, 2.45) is 0 Å². The fourth-order valence-electron chi connectivity index (χ4n) is 2.80. The molecule has 0 unspecified atom stereocenters. The molecule has 3 aromatic rings. The Morgan fingerprint density at radius 3 is 2.48 bits per heavy atom. The quantitative estimate of drug-likeness (QED) is 0.692. The summed E-state index contributed by atoms with van der Waals surface area (Å²) in [6.07, 6.45) is -1.72. The molecular weight excluding hydrogens is 411 g/mol. The number of hydrogen-bond acceptors (Lipinski definition) is 5. The second-order valence-electron chi connectivity index (χ2n) is 6.09. The van der Waals surface area contributed by atoms with E-state index in [1.54, 1.807) is 6.07 Å². The number of fused-ring (bicyclic) bond motifs is 1. The summed E-state index contributed by atoms with van der Waals surface area (Å²) in [5, 5.41) is 3.96. The van der Waals surface area contributed by atoms with Crippen molar-refractivity contribution in [2.75, 3.05) is 17.9 Å². The molecule has 0 spiro atoms. The van der Waals surface area contributed by atoms with Gasteiger partial charge in [-0.15, -0.1) is 0 Å². The van der Waals surface area contributed by atoms with Crippen molar-refractivity contribution in [3.63, 3.8) is 0 Å². The van der Waals surface area contributed by atoms with Gasteiger partial charge in [0.1, 0.15) is 13.2 Å². The van der Waals surface area contributed by atoms with Crippen molar-refractivity contribution in [3.05, 3.63) is 60.4 Å². The summed E-state index contributed by atoms with van der Waals surface area (Å²) in [5.74, 6) is 0.641. The lowest BCUT2D eigenvalue weighted by molar-refractivity contribution is -0.137. The molecular formula is C18H14F3N3O4S. The van der Waals surface area contributed by atoms with Crippen LogP contribution in [0, 0.1) is 0 Å². The van der Waals surface area contributed by atoms with E-state index in [0.717, 1.165) is 18.2 Å². The number of alkyl halides is 3. The molecule has 0 saturated carbocycles. The van der Waals surface area contributed by atoms with E-state index in [9.17, 15) is 21.6 Å². The third-order valence-corrected chi connectivity index (χ3v) is 5.51. The zero-order valence-corrected chi connectivity index (χ0v) is 15.5. The molecule has 0 fully saturated rings. The van der Waals surface area contributed by atoms with Gasteiger partial charge in [0.15, 0.2) is 11.5 Å². The minimum Gasteiger partial charge on any atom is -0.486 e. The number of anilines is 1. The molecule has 1 aromatic heterocycles. The highest BCUT2D eigenvalue weighted by Gasteiger charge is 2.32. The maximum Gasteiger partial charge on any atom is 0.416 e. The van der Waals surface area contributed by atoms with Crippen LogP contribution < -0.4 is 14.2 Å². The SMILES string of the molecule is O=S(=O)(Nc1cc(C(F)(F)F)ccc1-n1cccn1)c1ccc2c(c1)OCCO2. The van der Waals surface area contributed by atoms with Crippen LogP contribution in [-0.2, 0) is 16.2 Å². The van der Waals surface area contributed by atoms with Gasteiger partial charge in [-0.25, -0.2) is 13.1 Å². The Kier molecular flexibility index (Phi) is 4.61. The standard InChI is InChI=1S/C18H14F3N3O4S/c19-18(20,21)12-2-4-15(24-7-1-6-22-24)14(10-12)23-29(25,26)13-3-5-16-17(11-13)28-9-8-27-16/h1-7,10-11,23H,8-9H2. The minimum atomic E-state index is -4.64. The predicted octanol–water partition coefficient (Wildman–Crippen LogP) is 3.46. The van der Waals surface area contributed by atoms with Crippen LogP contribution >= 0.6 is 0 Å². The smallest absolute Gasteiger partial charge is 0.416 e. The van der Waals surface area contributed by atoms with E-state index in [1.165, 1.54) is 35.3 Å². The number of hydrogen-bond donors (Lipinski definition) is 1. The highest BCUT2D eigenvalue weighted by molar-refractivity contribution is 7.92. The van der Waals surface area contributed by atoms with E-state index in [0.29, 0.717) is 12.4 Å². The lowest BCUT2D eigenvalue weighted by Crippen LogP contribution is -2.18. The van der Waals surface area contributed by atoms with E-state index >= 15 is 0 Å². The summed E-state index contributed by atoms with van der Waals surface area (Å²) in [6.45, 7) is 0.607. The first-order valence-corrected chi connectivity index (χ1v) is 9.86. The molecule has 7 nitrogen and oxygen atoms in total. The molecule has 152 valence electrons. The lowest BCUT2D eigenvalue weighted by Gasteiger charge is -2.19. The van der Waals surface area contributed by atoms with Crippen LogP contribution in [0.25, 0.3) is 5.69 Å². The molecule has 1 N–H and O–H groups in total. The number of nitrogens with one attached hydrogen (secondary N) is 1. The summed E-state index contributed by atoms with van der Waals surface area (Å²) < 4.78 is 79.4. The number of sulfonamides is 1. The van der Waals surface area contributed by atoms with Crippen molar-refractivity contribution >= 4 is 15.7 Å². The van der Waals surface area contributed by atoms with Gasteiger partial charge in [0, 0.05) is 18.5 Å². The Balaban J connectivity index is 1.75. The van der Waals surface area contributed by atoms with E-state index in [1.807, 2.05) is 0 Å². The fourth-order valence-corrected chi connectivity index (χ4v) is 3.88. The van der Waals surface area contributed by atoms with Gasteiger partial charge >= 0.3 is 6.18 Å². The second-order valence-corrected chi connectivity index (χ2v) is 7.77. The van der Waals surface area contributed by atoms with Gasteiger partial charge in [-0.05, 0) is 36.4 Å². The van der Waals surface area contributed by atoms with E-state index in [2.05, 4.69) is 9.82 Å². The van der Waals surface area contributed by atoms with Crippen molar-refractivity contribution in [1.82, 2.24) is 9.78 Å². The number of rotatable bonds is 4. The molecule has 2 aromatic carbocycles. The molecule has 0 bridgehead atoms. The average molecular weight is 425 g/mol. The van der Waals surface area contributed by atoms with E-state index < -0.39 is 21.8 Å².